The van der Waals surface area contributed by atoms with Crippen LogP contribution in [0, 0.1) is 0 Å². The number of ketones is 1. The summed E-state index contributed by atoms with van der Waals surface area (Å²) in [7, 11) is -1.33. The van der Waals surface area contributed by atoms with Gasteiger partial charge < -0.3 is 18.8 Å². The number of alkyl halides is 3. The number of halogens is 4. The molecule has 0 aliphatic heterocycles. The van der Waals surface area contributed by atoms with Crippen molar-refractivity contribution in [2.75, 3.05) is 20.0 Å². The fraction of sp³-hybridized carbons (Fsp3) is 0.300. The van der Waals surface area contributed by atoms with Crippen molar-refractivity contribution in [1.29, 1.82) is 0 Å². The van der Waals surface area contributed by atoms with E-state index in [1.165, 1.54) is 44.6 Å². The number of hydrogen-bond acceptors (Lipinski definition) is 9. The molecular weight excluding hydrogens is 517 g/mol. The van der Waals surface area contributed by atoms with Crippen molar-refractivity contribution in [3.63, 3.8) is 0 Å². The van der Waals surface area contributed by atoms with Crippen LogP contribution >= 0.6 is 11.6 Å². The zero-order valence-corrected chi connectivity index (χ0v) is 19.8. The normalized spacial score (nSPS) is 11.8. The van der Waals surface area contributed by atoms with Gasteiger partial charge in [-0.15, -0.1) is 0 Å². The van der Waals surface area contributed by atoms with Crippen molar-refractivity contribution in [3.05, 3.63) is 47.5 Å². The van der Waals surface area contributed by atoms with Crippen LogP contribution in [0.25, 0.3) is 0 Å². The Balaban J connectivity index is 1.71. The van der Waals surface area contributed by atoms with Crippen LogP contribution in [0.5, 0.6) is 23.5 Å². The number of ether oxygens (including phenoxy) is 3. The average Bonchev–Trinajstić information content (AvgIpc) is 3.17. The molecule has 0 atom stereocenters. The molecule has 3 aromatic rings. The monoisotopic (exact) mass is 534 g/mol. The molecular formula is C20H18ClF3N4O6S. The first kappa shape index (κ1) is 26.2. The minimum Gasteiger partial charge on any atom is -0.481 e. The molecule has 0 saturated heterocycles. The molecule has 0 amide bonds. The molecule has 1 aromatic carbocycles. The maximum atomic E-state index is 12.7. The Labute approximate surface area is 202 Å². The number of aryl methyl sites for hydroxylation is 1. The largest absolute Gasteiger partial charge is 0.481 e. The molecule has 0 aliphatic carbocycles. The minimum atomic E-state index is -4.43. The number of benzene rings is 1. The van der Waals surface area contributed by atoms with E-state index >= 15 is 0 Å². The summed E-state index contributed by atoms with van der Waals surface area (Å²) in [6.45, 7) is -0.556. The highest BCUT2D eigenvalue weighted by Gasteiger charge is 2.29. The molecule has 0 N–H and O–H groups in total. The van der Waals surface area contributed by atoms with Gasteiger partial charge in [0.05, 0.1) is 37.9 Å². The number of methoxy groups -OCH3 is 2. The van der Waals surface area contributed by atoms with Gasteiger partial charge in [-0.25, -0.2) is 13.4 Å². The summed E-state index contributed by atoms with van der Waals surface area (Å²) in [5, 5.41) is -0.369. The Morgan fingerprint density at radius 2 is 1.69 bits per heavy atom. The molecule has 15 heteroatoms. The minimum absolute atomic E-state index is 0.109. The van der Waals surface area contributed by atoms with Gasteiger partial charge in [0.25, 0.3) is 0 Å². The van der Waals surface area contributed by atoms with Crippen molar-refractivity contribution in [3.8, 4) is 23.5 Å². The van der Waals surface area contributed by atoms with Gasteiger partial charge in [-0.3, -0.25) is 4.79 Å². The number of nitrogens with zero attached hydrogens (tertiary/aromatic N) is 4. The Kier molecular flexibility index (Phi) is 7.85. The van der Waals surface area contributed by atoms with Gasteiger partial charge in [-0.05, 0) is 24.3 Å². The maximum absolute atomic E-state index is 12.7. The van der Waals surface area contributed by atoms with Gasteiger partial charge in [-0.1, -0.05) is 11.6 Å². The second-order valence-corrected chi connectivity index (χ2v) is 9.28. The van der Waals surface area contributed by atoms with Gasteiger partial charge in [0.15, 0.2) is 15.6 Å². The third-order valence-corrected chi connectivity index (χ3v) is 6.49. The van der Waals surface area contributed by atoms with Gasteiger partial charge in [-0.2, -0.15) is 23.1 Å². The zero-order valence-electron chi connectivity index (χ0n) is 18.2. The first-order valence-corrected chi connectivity index (χ1v) is 11.7. The Bertz CT molecular complexity index is 1290. The molecule has 0 fully saturated rings. The first-order valence-electron chi connectivity index (χ1n) is 9.70. The van der Waals surface area contributed by atoms with Crippen molar-refractivity contribution < 1.29 is 40.6 Å². The number of hydrogen-bond donors (Lipinski definition) is 0. The smallest absolute Gasteiger partial charge is 0.390 e. The van der Waals surface area contributed by atoms with Crippen molar-refractivity contribution in [1.82, 2.24) is 19.5 Å². The van der Waals surface area contributed by atoms with E-state index in [4.69, 9.17) is 25.8 Å². The summed E-state index contributed by atoms with van der Waals surface area (Å²) in [6, 6.07) is 6.39. The van der Waals surface area contributed by atoms with Crippen LogP contribution in [-0.4, -0.2) is 59.9 Å². The summed E-state index contributed by atoms with van der Waals surface area (Å²) in [4.78, 5) is 23.9. The highest BCUT2D eigenvalue weighted by molar-refractivity contribution is 7.92. The van der Waals surface area contributed by atoms with Crippen LogP contribution < -0.4 is 14.2 Å². The maximum Gasteiger partial charge on any atom is 0.390 e. The fourth-order valence-electron chi connectivity index (χ4n) is 2.74. The standard InChI is InChI=1S/C20H18ClF3N4O6S/c1-32-15-9-16(33-2)27-19(26-15)34-12-3-5-13(6-4-12)35(30,31)10-14(29)17-18(21)28(11-25-17)8-7-20(22,23)24/h3-6,9,11H,7-8,10H2,1-2H3. The molecule has 35 heavy (non-hydrogen) atoms. The summed E-state index contributed by atoms with van der Waals surface area (Å²) >= 11 is 5.94. The highest BCUT2D eigenvalue weighted by atomic mass is 35.5. The number of rotatable bonds is 10. The summed E-state index contributed by atoms with van der Waals surface area (Å²) in [6.07, 6.45) is -4.66. The summed E-state index contributed by atoms with van der Waals surface area (Å²) < 4.78 is 79.1. The van der Waals surface area contributed by atoms with E-state index < -0.39 is 46.2 Å². The van der Waals surface area contributed by atoms with Gasteiger partial charge in [0.1, 0.15) is 22.3 Å². The van der Waals surface area contributed by atoms with Gasteiger partial charge in [0, 0.05) is 6.54 Å². The number of imidazole rings is 1. The molecule has 0 radical (unpaired) electrons. The SMILES string of the molecule is COc1cc(OC)nc(Oc2ccc(S(=O)(=O)CC(=O)c3ncn(CCC(F)(F)F)c3Cl)cc2)n1. The van der Waals surface area contributed by atoms with E-state index in [2.05, 4.69) is 15.0 Å². The molecule has 10 nitrogen and oxygen atoms in total. The quantitative estimate of drug-likeness (QED) is 0.358. The van der Waals surface area contributed by atoms with E-state index in [1.54, 1.807) is 0 Å². The number of carbonyl (C=O) groups is 1. The Morgan fingerprint density at radius 3 is 2.23 bits per heavy atom. The average molecular weight is 535 g/mol. The van der Waals surface area contributed by atoms with Crippen LogP contribution in [0.2, 0.25) is 5.15 Å². The van der Waals surface area contributed by atoms with Crippen molar-refractivity contribution in [2.45, 2.75) is 24.0 Å². The van der Waals surface area contributed by atoms with E-state index in [-0.39, 0.29) is 33.6 Å². The summed E-state index contributed by atoms with van der Waals surface area (Å²) in [5.41, 5.74) is -0.429. The molecule has 0 saturated carbocycles. The molecule has 0 spiro atoms. The molecule has 2 aromatic heterocycles. The number of aromatic nitrogens is 4. The second kappa shape index (κ2) is 10.5. The second-order valence-electron chi connectivity index (χ2n) is 6.93. The fourth-order valence-corrected chi connectivity index (χ4v) is 4.22. The van der Waals surface area contributed by atoms with Crippen LogP contribution in [-0.2, 0) is 16.4 Å². The predicted octanol–water partition coefficient (Wildman–Crippen LogP) is 3.75. The lowest BCUT2D eigenvalue weighted by molar-refractivity contribution is -0.136. The summed E-state index contributed by atoms with van der Waals surface area (Å²) in [5.74, 6) is -1.39. The first-order chi connectivity index (χ1) is 16.4. The third kappa shape index (κ3) is 6.82. The molecule has 3 rings (SSSR count). The topological polar surface area (TPSA) is 122 Å². The van der Waals surface area contributed by atoms with Gasteiger partial charge >= 0.3 is 12.2 Å². The number of Topliss-reactive ketones (excluding diaryl/α,β-unsaturated/α-hetero) is 1. The Hall–Kier alpha value is -3.39. The van der Waals surface area contributed by atoms with Crippen LogP contribution in [0.4, 0.5) is 13.2 Å². The predicted molar refractivity (Wildman–Crippen MR) is 116 cm³/mol. The van der Waals surface area contributed by atoms with E-state index in [0.29, 0.717) is 0 Å². The zero-order chi connectivity index (χ0) is 25.8. The third-order valence-electron chi connectivity index (χ3n) is 4.46. The Morgan fingerprint density at radius 1 is 1.09 bits per heavy atom. The lowest BCUT2D eigenvalue weighted by Crippen LogP contribution is -2.17. The van der Waals surface area contributed by atoms with E-state index in [1.807, 2.05) is 0 Å². The highest BCUT2D eigenvalue weighted by Crippen LogP contribution is 2.26. The van der Waals surface area contributed by atoms with E-state index in [0.717, 1.165) is 10.9 Å². The number of carbonyl (C=O) groups excluding carboxylic acids is 1. The molecule has 0 unspecified atom stereocenters. The molecule has 0 bridgehead atoms. The molecule has 0 aliphatic rings. The lowest BCUT2D eigenvalue weighted by atomic mass is 10.3. The molecule has 2 heterocycles. The van der Waals surface area contributed by atoms with Crippen LogP contribution in [0.15, 0.2) is 41.6 Å². The molecule has 188 valence electrons. The van der Waals surface area contributed by atoms with Gasteiger partial charge in [0.2, 0.25) is 11.8 Å². The van der Waals surface area contributed by atoms with Crippen LogP contribution in [0.1, 0.15) is 16.9 Å². The van der Waals surface area contributed by atoms with E-state index in [9.17, 15) is 26.4 Å². The number of sulfone groups is 1. The lowest BCUT2D eigenvalue weighted by Gasteiger charge is -2.09. The van der Waals surface area contributed by atoms with Crippen molar-refractivity contribution >= 4 is 27.2 Å². The van der Waals surface area contributed by atoms with Crippen LogP contribution in [0.3, 0.4) is 0 Å². The van der Waals surface area contributed by atoms with Crippen molar-refractivity contribution in [2.24, 2.45) is 0 Å².